The van der Waals surface area contributed by atoms with Crippen molar-refractivity contribution < 1.29 is 28.1 Å². The molecule has 4 amide bonds. The zero-order chi connectivity index (χ0) is 27.2. The molecule has 0 aromatic heterocycles. The molecule has 0 aliphatic carbocycles. The van der Waals surface area contributed by atoms with Gasteiger partial charge in [0.05, 0.1) is 17.2 Å². The molecule has 9 nitrogen and oxygen atoms in total. The summed E-state index contributed by atoms with van der Waals surface area (Å²) in [7, 11) is -1.24. The van der Waals surface area contributed by atoms with Crippen LogP contribution in [-0.4, -0.2) is 69.2 Å². The average Bonchev–Trinajstić information content (AvgIpc) is 3.07. The number of alkyl carbamates (subject to hydrolysis) is 1. The smallest absolute Gasteiger partial charge is 0.407 e. The van der Waals surface area contributed by atoms with E-state index in [-0.39, 0.29) is 29.8 Å². The van der Waals surface area contributed by atoms with Crippen LogP contribution in [0.3, 0.4) is 0 Å². The van der Waals surface area contributed by atoms with Gasteiger partial charge in [0.2, 0.25) is 5.91 Å². The summed E-state index contributed by atoms with van der Waals surface area (Å²) in [4.78, 5) is 52.8. The van der Waals surface area contributed by atoms with E-state index in [4.69, 9.17) is 4.74 Å². The number of hydrogen-bond acceptors (Lipinski definition) is 6. The third-order valence-corrected chi connectivity index (χ3v) is 6.50. The van der Waals surface area contributed by atoms with E-state index in [0.29, 0.717) is 6.42 Å². The van der Waals surface area contributed by atoms with Gasteiger partial charge in [-0.3, -0.25) is 23.5 Å². The van der Waals surface area contributed by atoms with Crippen LogP contribution >= 0.6 is 0 Å². The van der Waals surface area contributed by atoms with Crippen molar-refractivity contribution in [3.8, 4) is 0 Å². The number of imide groups is 1. The third kappa shape index (κ3) is 7.72. The summed E-state index contributed by atoms with van der Waals surface area (Å²) in [5, 5.41) is 5.58. The summed E-state index contributed by atoms with van der Waals surface area (Å²) >= 11 is 0. The van der Waals surface area contributed by atoms with Crippen LogP contribution in [-0.2, 0) is 26.8 Å². The lowest BCUT2D eigenvalue weighted by molar-refractivity contribution is -0.125. The highest BCUT2D eigenvalue weighted by atomic mass is 32.2. The Kier molecular flexibility index (Phi) is 9.20. The molecule has 0 radical (unpaired) electrons. The normalized spacial score (nSPS) is 15.5. The van der Waals surface area contributed by atoms with Crippen molar-refractivity contribution in [2.75, 3.05) is 18.6 Å². The topological polar surface area (TPSA) is 122 Å². The molecule has 37 heavy (non-hydrogen) atoms. The van der Waals surface area contributed by atoms with E-state index in [1.54, 1.807) is 45.0 Å². The van der Waals surface area contributed by atoms with Gasteiger partial charge in [-0.1, -0.05) is 42.5 Å². The average molecular weight is 528 g/mol. The highest BCUT2D eigenvalue weighted by molar-refractivity contribution is 7.84. The van der Waals surface area contributed by atoms with Crippen molar-refractivity contribution in [1.29, 1.82) is 0 Å². The summed E-state index contributed by atoms with van der Waals surface area (Å²) in [5.41, 5.74) is 0.709. The number of rotatable bonds is 10. The Balaban J connectivity index is 1.77. The van der Waals surface area contributed by atoms with Crippen LogP contribution in [0, 0.1) is 0 Å². The molecule has 2 aromatic rings. The molecule has 0 bridgehead atoms. The van der Waals surface area contributed by atoms with Crippen LogP contribution in [0.2, 0.25) is 0 Å². The van der Waals surface area contributed by atoms with Crippen molar-refractivity contribution in [3.05, 3.63) is 71.3 Å². The van der Waals surface area contributed by atoms with Gasteiger partial charge in [-0.05, 0) is 51.3 Å². The minimum atomic E-state index is -1.24. The first-order chi connectivity index (χ1) is 17.5. The summed E-state index contributed by atoms with van der Waals surface area (Å²) < 4.78 is 17.2. The number of amides is 4. The predicted molar refractivity (Wildman–Crippen MR) is 141 cm³/mol. The van der Waals surface area contributed by atoms with Gasteiger partial charge >= 0.3 is 6.09 Å². The molecule has 0 fully saturated rings. The van der Waals surface area contributed by atoms with Crippen LogP contribution in [0.25, 0.3) is 0 Å². The number of nitrogens with zero attached hydrogens (tertiary/aromatic N) is 1. The first-order valence-electron chi connectivity index (χ1n) is 12.0. The summed E-state index contributed by atoms with van der Waals surface area (Å²) in [6.07, 6.45) is 1.33. The van der Waals surface area contributed by atoms with E-state index < -0.39 is 52.3 Å². The molecule has 1 aliphatic heterocycles. The second-order valence-electron chi connectivity index (χ2n) is 9.89. The fraction of sp³-hybridized carbons (Fsp3) is 0.407. The van der Waals surface area contributed by atoms with E-state index in [0.717, 1.165) is 10.5 Å². The first kappa shape index (κ1) is 28.0. The SMILES string of the molecule is CS(=O)CCC(C(=O)NCC(Cc1ccccc1)NC(=O)OC(C)(C)C)N1C(=O)c2ccccc2C1=O. The van der Waals surface area contributed by atoms with E-state index in [9.17, 15) is 23.4 Å². The van der Waals surface area contributed by atoms with Crippen LogP contribution in [0.4, 0.5) is 4.79 Å². The van der Waals surface area contributed by atoms with E-state index in [2.05, 4.69) is 10.6 Å². The summed E-state index contributed by atoms with van der Waals surface area (Å²) in [5.74, 6) is -1.55. The van der Waals surface area contributed by atoms with Gasteiger partial charge in [0.15, 0.2) is 0 Å². The molecule has 2 aromatic carbocycles. The van der Waals surface area contributed by atoms with Crippen molar-refractivity contribution in [3.63, 3.8) is 0 Å². The van der Waals surface area contributed by atoms with Crippen LogP contribution < -0.4 is 10.6 Å². The highest BCUT2D eigenvalue weighted by Crippen LogP contribution is 2.26. The molecule has 1 heterocycles. The molecule has 198 valence electrons. The lowest BCUT2D eigenvalue weighted by Crippen LogP contribution is -2.53. The van der Waals surface area contributed by atoms with Crippen LogP contribution in [0.5, 0.6) is 0 Å². The molecule has 3 atom stereocenters. The molecule has 0 saturated carbocycles. The van der Waals surface area contributed by atoms with Crippen molar-refractivity contribution in [2.45, 2.75) is 51.3 Å². The van der Waals surface area contributed by atoms with Gasteiger partial charge in [-0.2, -0.15) is 0 Å². The van der Waals surface area contributed by atoms with Gasteiger partial charge in [0.1, 0.15) is 11.6 Å². The Bertz CT molecular complexity index is 1140. The van der Waals surface area contributed by atoms with Crippen molar-refractivity contribution >= 4 is 34.6 Å². The molecule has 2 N–H and O–H groups in total. The number of fused-ring (bicyclic) bond motifs is 1. The lowest BCUT2D eigenvalue weighted by atomic mass is 10.1. The largest absolute Gasteiger partial charge is 0.444 e. The van der Waals surface area contributed by atoms with Crippen molar-refractivity contribution in [2.24, 2.45) is 0 Å². The summed E-state index contributed by atoms with van der Waals surface area (Å²) in [6.45, 7) is 5.29. The maximum atomic E-state index is 13.4. The van der Waals surface area contributed by atoms with Crippen molar-refractivity contribution in [1.82, 2.24) is 15.5 Å². The molecular formula is C27H33N3O6S. The van der Waals surface area contributed by atoms with Crippen LogP contribution in [0.15, 0.2) is 54.6 Å². The monoisotopic (exact) mass is 527 g/mol. The maximum Gasteiger partial charge on any atom is 0.407 e. The van der Waals surface area contributed by atoms with E-state index in [1.807, 2.05) is 30.3 Å². The van der Waals surface area contributed by atoms with Gasteiger partial charge in [-0.15, -0.1) is 0 Å². The Morgan fingerprint density at radius 3 is 2.08 bits per heavy atom. The molecule has 0 spiro atoms. The fourth-order valence-corrected chi connectivity index (χ4v) is 4.59. The molecule has 0 saturated heterocycles. The zero-order valence-corrected chi connectivity index (χ0v) is 22.3. The molecule has 10 heteroatoms. The molecule has 1 aliphatic rings. The zero-order valence-electron chi connectivity index (χ0n) is 21.5. The number of carbonyl (C=O) groups is 4. The molecular weight excluding hydrogens is 494 g/mol. The first-order valence-corrected chi connectivity index (χ1v) is 13.8. The Labute approximate surface area is 219 Å². The predicted octanol–water partition coefficient (Wildman–Crippen LogP) is 2.67. The van der Waals surface area contributed by atoms with Gasteiger partial charge in [0, 0.05) is 29.4 Å². The second-order valence-corrected chi connectivity index (χ2v) is 11.4. The number of carbonyl (C=O) groups excluding carboxylic acids is 4. The van der Waals surface area contributed by atoms with Gasteiger partial charge in [-0.25, -0.2) is 4.79 Å². The standard InChI is InChI=1S/C27H33N3O6S/c1-27(2,3)36-26(34)29-19(16-18-10-6-5-7-11-18)17-28-23(31)22(14-15-37(4)35)30-24(32)20-12-8-9-13-21(20)25(30)33/h5-13,19,22H,14-17H2,1-4H3,(H,28,31)(H,29,34). The second kappa shape index (κ2) is 12.1. The van der Waals surface area contributed by atoms with Crippen LogP contribution in [0.1, 0.15) is 53.5 Å². The number of nitrogens with one attached hydrogen (secondary N) is 2. The summed E-state index contributed by atoms with van der Waals surface area (Å²) in [6, 6.07) is 14.2. The van der Waals surface area contributed by atoms with E-state index >= 15 is 0 Å². The highest BCUT2D eigenvalue weighted by Gasteiger charge is 2.42. The molecule has 3 unspecified atom stereocenters. The van der Waals surface area contributed by atoms with Gasteiger partial charge in [0.25, 0.3) is 11.8 Å². The third-order valence-electron chi connectivity index (χ3n) is 5.69. The quantitative estimate of drug-likeness (QED) is 0.458. The number of ether oxygens (including phenoxy) is 1. The minimum absolute atomic E-state index is 0.0296. The van der Waals surface area contributed by atoms with Gasteiger partial charge < -0.3 is 15.4 Å². The number of benzene rings is 2. The Morgan fingerprint density at radius 2 is 1.54 bits per heavy atom. The Morgan fingerprint density at radius 1 is 0.973 bits per heavy atom. The molecule has 3 rings (SSSR count). The lowest BCUT2D eigenvalue weighted by Gasteiger charge is -2.27. The number of hydrogen-bond donors (Lipinski definition) is 2. The fourth-order valence-electron chi connectivity index (χ4n) is 4.03. The Hall–Kier alpha value is -3.53. The van der Waals surface area contributed by atoms with E-state index in [1.165, 1.54) is 6.26 Å². The maximum absolute atomic E-state index is 13.4. The minimum Gasteiger partial charge on any atom is -0.444 e.